The number of hydrogen-bond donors (Lipinski definition) is 2. The number of fused-ring (bicyclic) bond motifs is 3. The molecule has 282 valence electrons. The molecule has 57 heavy (non-hydrogen) atoms. The smallest absolute Gasteiger partial charge is 0.264 e. The lowest BCUT2D eigenvalue weighted by Gasteiger charge is -2.12. The molecular formula is C40H30N10O5S2. The van der Waals surface area contributed by atoms with Gasteiger partial charge < -0.3 is 9.84 Å². The molecule has 0 aliphatic carbocycles. The number of para-hydroxylation sites is 2. The monoisotopic (exact) mass is 794 g/mol. The number of aryl methyl sites for hydroxylation is 1. The van der Waals surface area contributed by atoms with E-state index in [-0.39, 0.29) is 52.8 Å². The van der Waals surface area contributed by atoms with E-state index in [9.17, 15) is 28.6 Å². The van der Waals surface area contributed by atoms with Crippen LogP contribution < -0.4 is 4.74 Å². The Morgan fingerprint density at radius 2 is 1.47 bits per heavy atom. The molecule has 3 heterocycles. The number of imidazole rings is 1. The molecule has 7 aromatic rings. The van der Waals surface area contributed by atoms with Crippen molar-refractivity contribution in [1.82, 2.24) is 9.38 Å². The molecule has 0 saturated carbocycles. The number of benzene rings is 4. The minimum absolute atomic E-state index is 0.0251. The lowest BCUT2D eigenvalue weighted by atomic mass is 10.0. The van der Waals surface area contributed by atoms with Crippen molar-refractivity contribution >= 4 is 70.9 Å². The van der Waals surface area contributed by atoms with E-state index in [1.54, 1.807) is 44.2 Å². The number of nitriles is 2. The zero-order valence-electron chi connectivity index (χ0n) is 30.3. The van der Waals surface area contributed by atoms with Gasteiger partial charge in [-0.2, -0.15) is 18.9 Å². The van der Waals surface area contributed by atoms with Crippen LogP contribution in [0, 0.1) is 36.5 Å². The van der Waals surface area contributed by atoms with E-state index in [4.69, 9.17) is 4.74 Å². The number of pyridine rings is 1. The van der Waals surface area contributed by atoms with Crippen molar-refractivity contribution in [2.75, 3.05) is 12.4 Å². The summed E-state index contributed by atoms with van der Waals surface area (Å²) in [5.41, 5.74) is 5.31. The quantitative estimate of drug-likeness (QED) is 0.0685. The molecule has 3 aromatic heterocycles. The number of rotatable bonds is 12. The van der Waals surface area contributed by atoms with Gasteiger partial charge in [0.2, 0.25) is 5.88 Å². The number of thiophene rings is 1. The molecule has 0 bridgehead atoms. The average Bonchev–Trinajstić information content (AvgIpc) is 3.77. The molecule has 0 fully saturated rings. The van der Waals surface area contributed by atoms with Gasteiger partial charge in [0.1, 0.15) is 39.7 Å². The topological polar surface area (TPSA) is 223 Å². The molecule has 0 radical (unpaired) electrons. The van der Waals surface area contributed by atoms with Gasteiger partial charge in [0, 0.05) is 17.2 Å². The summed E-state index contributed by atoms with van der Waals surface area (Å²) in [5.74, 6) is -0.679. The first-order chi connectivity index (χ1) is 27.6. The van der Waals surface area contributed by atoms with Crippen LogP contribution in [0.25, 0.3) is 27.8 Å². The Labute approximate surface area is 330 Å². The van der Waals surface area contributed by atoms with Crippen molar-refractivity contribution < 1.29 is 22.8 Å². The predicted octanol–water partition coefficient (Wildman–Crippen LogP) is 11.2. The maximum absolute atomic E-state index is 11.4. The third-order valence-electron chi connectivity index (χ3n) is 8.70. The van der Waals surface area contributed by atoms with E-state index < -0.39 is 15.9 Å². The summed E-state index contributed by atoms with van der Waals surface area (Å²) in [4.78, 5) is 4.54. The molecule has 15 nitrogen and oxygen atoms in total. The van der Waals surface area contributed by atoms with Gasteiger partial charge in [-0.25, -0.2) is 4.98 Å². The molecule has 0 unspecified atom stereocenters. The van der Waals surface area contributed by atoms with Crippen LogP contribution >= 0.6 is 11.3 Å². The maximum atomic E-state index is 11.4. The standard InChI is InChI=1S/C40H30N10O5S2/c1-24-20-32(46-47-36-25(2)28(22-41)37-43-30-16-9-10-17-33(30)50(37)40(36)51)34(55-18-11-19-57(52,53)54)21-31(24)45-48-38-29(23-42)35(26-12-5-3-6-13-26)39(56-38)49-44-27-14-7-4-8-15-27/h3-10,12-17,20-21,51H,11,18-19H2,1-2H3,(H,52,53,54). The average molecular weight is 795 g/mol. The lowest BCUT2D eigenvalue weighted by Crippen LogP contribution is -2.08. The van der Waals surface area contributed by atoms with Gasteiger partial charge in [0.15, 0.2) is 16.3 Å². The van der Waals surface area contributed by atoms with Crippen LogP contribution in [-0.2, 0) is 10.1 Å². The summed E-state index contributed by atoms with van der Waals surface area (Å²) in [6.07, 6.45) is -0.0424. The second kappa shape index (κ2) is 16.3. The molecule has 0 aliphatic heterocycles. The van der Waals surface area contributed by atoms with E-state index in [0.717, 1.165) is 16.9 Å². The third-order valence-corrected chi connectivity index (χ3v) is 10.5. The SMILES string of the molecule is Cc1cc(N=Nc2c(C)c(C#N)c3nc4ccccc4n3c2O)c(OCCCS(=O)(=O)O)cc1N=Nc1sc(N=Nc2ccccc2)c(-c2ccccc2)c1C#N. The number of ether oxygens (including phenoxy) is 1. The Morgan fingerprint density at radius 1 is 0.807 bits per heavy atom. The molecule has 2 N–H and O–H groups in total. The van der Waals surface area contributed by atoms with E-state index in [0.29, 0.717) is 49.1 Å². The van der Waals surface area contributed by atoms with Gasteiger partial charge in [0.25, 0.3) is 10.1 Å². The molecule has 0 amide bonds. The Kier molecular flexibility index (Phi) is 10.9. The zero-order chi connectivity index (χ0) is 40.1. The summed E-state index contributed by atoms with van der Waals surface area (Å²) >= 11 is 1.15. The van der Waals surface area contributed by atoms with Crippen molar-refractivity contribution in [3.8, 4) is 34.9 Å². The van der Waals surface area contributed by atoms with Gasteiger partial charge in [-0.15, -0.1) is 30.7 Å². The zero-order valence-corrected chi connectivity index (χ0v) is 31.9. The number of aromatic hydroxyl groups is 1. The fourth-order valence-corrected chi connectivity index (χ4v) is 7.33. The van der Waals surface area contributed by atoms with Crippen LogP contribution in [0.5, 0.6) is 11.6 Å². The Morgan fingerprint density at radius 3 is 2.19 bits per heavy atom. The van der Waals surface area contributed by atoms with E-state index >= 15 is 0 Å². The Balaban J connectivity index is 1.29. The number of azo groups is 3. The first-order valence-electron chi connectivity index (χ1n) is 17.2. The molecule has 0 aliphatic rings. The minimum atomic E-state index is -4.24. The van der Waals surface area contributed by atoms with Crippen LogP contribution in [0.2, 0.25) is 0 Å². The minimum Gasteiger partial charge on any atom is -0.493 e. The molecular weight excluding hydrogens is 765 g/mol. The van der Waals surface area contributed by atoms with Crippen LogP contribution in [0.4, 0.5) is 32.8 Å². The van der Waals surface area contributed by atoms with Crippen molar-refractivity contribution in [3.05, 3.63) is 119 Å². The van der Waals surface area contributed by atoms with Crippen molar-refractivity contribution in [3.63, 3.8) is 0 Å². The van der Waals surface area contributed by atoms with Gasteiger partial charge in [0.05, 0.1) is 34.8 Å². The summed E-state index contributed by atoms with van der Waals surface area (Å²) in [6.45, 7) is 3.26. The highest BCUT2D eigenvalue weighted by Gasteiger charge is 2.22. The lowest BCUT2D eigenvalue weighted by molar-refractivity contribution is 0.317. The van der Waals surface area contributed by atoms with E-state index in [1.807, 2.05) is 60.7 Å². The fraction of sp³-hybridized carbons (Fsp3) is 0.125. The normalized spacial score (nSPS) is 11.9. The predicted molar refractivity (Wildman–Crippen MR) is 215 cm³/mol. The van der Waals surface area contributed by atoms with E-state index in [2.05, 4.69) is 47.8 Å². The highest BCUT2D eigenvalue weighted by atomic mass is 32.2. The van der Waals surface area contributed by atoms with Gasteiger partial charge in [-0.05, 0) is 61.7 Å². The fourth-order valence-electron chi connectivity index (χ4n) is 5.93. The molecule has 0 atom stereocenters. The van der Waals surface area contributed by atoms with E-state index in [1.165, 1.54) is 10.5 Å². The van der Waals surface area contributed by atoms with Crippen molar-refractivity contribution in [2.24, 2.45) is 30.7 Å². The largest absolute Gasteiger partial charge is 0.493 e. The van der Waals surface area contributed by atoms with Crippen molar-refractivity contribution in [1.29, 1.82) is 10.5 Å². The molecule has 17 heteroatoms. The first-order valence-corrected chi connectivity index (χ1v) is 19.7. The van der Waals surface area contributed by atoms with Crippen LogP contribution in [0.1, 0.15) is 28.7 Å². The summed E-state index contributed by atoms with van der Waals surface area (Å²) < 4.78 is 39.4. The third kappa shape index (κ3) is 8.12. The van der Waals surface area contributed by atoms with Crippen LogP contribution in [0.15, 0.2) is 128 Å². The molecule has 7 rings (SSSR count). The summed E-state index contributed by atoms with van der Waals surface area (Å²) in [6, 6.07) is 33.2. The Hall–Kier alpha value is -7.18. The Bertz CT molecular complexity index is 2950. The number of nitrogens with zero attached hydrogens (tertiary/aromatic N) is 10. The van der Waals surface area contributed by atoms with Gasteiger partial charge >= 0.3 is 0 Å². The molecule has 4 aromatic carbocycles. The second-order valence-electron chi connectivity index (χ2n) is 12.5. The highest BCUT2D eigenvalue weighted by Crippen LogP contribution is 2.48. The van der Waals surface area contributed by atoms with Gasteiger partial charge in [-0.3, -0.25) is 8.95 Å². The summed E-state index contributed by atoms with van der Waals surface area (Å²) in [5, 5.41) is 59.2. The second-order valence-corrected chi connectivity index (χ2v) is 15.1. The van der Waals surface area contributed by atoms with Crippen molar-refractivity contribution in [2.45, 2.75) is 20.3 Å². The van der Waals surface area contributed by atoms with Crippen LogP contribution in [-0.4, -0.2) is 39.8 Å². The van der Waals surface area contributed by atoms with Gasteiger partial charge in [-0.1, -0.05) is 72.0 Å². The highest BCUT2D eigenvalue weighted by molar-refractivity contribution is 7.85. The molecule has 0 spiro atoms. The van der Waals surface area contributed by atoms with Crippen LogP contribution in [0.3, 0.4) is 0 Å². The first kappa shape index (κ1) is 38.1. The molecule has 0 saturated heterocycles. The summed E-state index contributed by atoms with van der Waals surface area (Å²) in [7, 11) is -4.24. The number of hydrogen-bond acceptors (Lipinski definition) is 14. The number of aromatic nitrogens is 2. The maximum Gasteiger partial charge on any atom is 0.264 e.